The number of nitrogens with zero attached hydrogens (tertiary/aromatic N) is 2. The number of H-pyrrole nitrogens is 4. The lowest BCUT2D eigenvalue weighted by Gasteiger charge is -2.32. The predicted molar refractivity (Wildman–Crippen MR) is 222 cm³/mol. The molecule has 4 aromatic heterocycles. The molecule has 0 radical (unpaired) electrons. The Bertz CT molecular complexity index is 1930. The van der Waals surface area contributed by atoms with Crippen LogP contribution in [0.3, 0.4) is 0 Å². The van der Waals surface area contributed by atoms with E-state index in [-0.39, 0.29) is 23.2 Å². The molecule has 0 amide bonds. The summed E-state index contributed by atoms with van der Waals surface area (Å²) in [6.07, 6.45) is 0. The number of nitrogens with one attached hydrogen (secondary N) is 4. The summed E-state index contributed by atoms with van der Waals surface area (Å²) in [4.78, 5) is 15.6. The number of benzene rings is 2. The first-order valence-corrected chi connectivity index (χ1v) is 19.3. The Morgan fingerprint density at radius 1 is 0.453 bits per heavy atom. The number of fused-ring (bicyclic) bond motifs is 8. The van der Waals surface area contributed by atoms with Gasteiger partial charge in [0.25, 0.3) is 0 Å². The Kier molecular flexibility index (Phi) is 12.3. The third-order valence-corrected chi connectivity index (χ3v) is 11.5. The molecule has 6 nitrogen and oxygen atoms in total. The van der Waals surface area contributed by atoms with Crippen LogP contribution < -0.4 is 12.4 Å². The molecule has 5 heterocycles. The molecule has 4 N–H and O–H groups in total. The van der Waals surface area contributed by atoms with E-state index in [0.29, 0.717) is 0 Å². The van der Waals surface area contributed by atoms with Crippen LogP contribution in [0.25, 0.3) is 0 Å². The lowest BCUT2D eigenvalue weighted by molar-refractivity contribution is -0.849. The molecule has 8 bridgehead atoms. The van der Waals surface area contributed by atoms with Crippen molar-refractivity contribution in [3.63, 3.8) is 0 Å². The van der Waals surface area contributed by atoms with E-state index in [9.17, 15) is 0 Å². The van der Waals surface area contributed by atoms with E-state index in [4.69, 9.17) is 5.26 Å². The number of aromatic amines is 4. The van der Waals surface area contributed by atoms with Crippen LogP contribution in [0.2, 0.25) is 0 Å². The van der Waals surface area contributed by atoms with Gasteiger partial charge < -0.3 is 36.8 Å². The minimum atomic E-state index is -0.428. The molecule has 0 saturated carbocycles. The highest BCUT2D eigenvalue weighted by Gasteiger charge is 2.40. The van der Waals surface area contributed by atoms with Gasteiger partial charge in [0.2, 0.25) is 0 Å². The maximum absolute atomic E-state index is 7.32. The highest BCUT2D eigenvalue weighted by atomic mass is 79.9. The number of aromatic nitrogens is 4. The molecule has 1 aliphatic heterocycles. The van der Waals surface area contributed by atoms with Crippen molar-refractivity contribution in [1.82, 2.24) is 19.9 Å². The molecule has 0 saturated heterocycles. The largest absolute Gasteiger partial charge is 1.00 e. The van der Waals surface area contributed by atoms with Gasteiger partial charge in [-0.05, 0) is 125 Å². The topological polar surface area (TPSA) is 86.9 Å². The highest BCUT2D eigenvalue weighted by molar-refractivity contribution is 9.10. The highest BCUT2D eigenvalue weighted by Crippen LogP contribution is 2.45. The summed E-state index contributed by atoms with van der Waals surface area (Å²) in [5.74, 6) is 0. The van der Waals surface area contributed by atoms with Gasteiger partial charge in [0, 0.05) is 72.3 Å². The Morgan fingerprint density at radius 3 is 0.849 bits per heavy atom. The molecule has 0 aliphatic carbocycles. The third-order valence-electron chi connectivity index (χ3n) is 10.4. The quantitative estimate of drug-likeness (QED) is 0.131. The van der Waals surface area contributed by atoms with E-state index >= 15 is 0 Å². The zero-order valence-corrected chi connectivity index (χ0v) is 36.7. The molecule has 0 atom stereocenters. The molecular formula is C44H53Br2ClN6. The number of quaternary nitrogens is 1. The molecule has 1 aliphatic rings. The first-order chi connectivity index (χ1) is 24.3. The second-order valence-corrected chi connectivity index (χ2v) is 18.4. The van der Waals surface area contributed by atoms with Gasteiger partial charge >= 0.3 is 0 Å². The predicted octanol–water partition coefficient (Wildman–Crippen LogP) is 8.05. The average molecular weight is 861 g/mol. The fraction of sp³-hybridized carbons (Fsp3) is 0.341. The third kappa shape index (κ3) is 8.19. The van der Waals surface area contributed by atoms with Gasteiger partial charge in [-0.3, -0.25) is 0 Å². The fourth-order valence-corrected chi connectivity index (χ4v) is 7.50. The summed E-state index contributed by atoms with van der Waals surface area (Å²) in [5.41, 5.74) is 10.2. The summed E-state index contributed by atoms with van der Waals surface area (Å²) in [6, 6.07) is 37.2. The zero-order valence-electron chi connectivity index (χ0n) is 32.8. The molecule has 9 heteroatoms. The van der Waals surface area contributed by atoms with Gasteiger partial charge in [-0.1, -0.05) is 56.1 Å². The Labute approximate surface area is 339 Å². The molecule has 2 aromatic carbocycles. The van der Waals surface area contributed by atoms with Crippen LogP contribution >= 0.6 is 31.9 Å². The second kappa shape index (κ2) is 15.5. The van der Waals surface area contributed by atoms with Crippen molar-refractivity contribution in [3.8, 4) is 6.07 Å². The van der Waals surface area contributed by atoms with Gasteiger partial charge in [0.05, 0.1) is 45.1 Å². The zero-order chi connectivity index (χ0) is 38.3. The van der Waals surface area contributed by atoms with Gasteiger partial charge in [0.15, 0.2) is 0 Å². The van der Waals surface area contributed by atoms with E-state index in [1.807, 2.05) is 0 Å². The standard InChI is InChI=1S/C38H38Br2N4.C4H12N.C2H3N.ClH/c1-35(2)27-15-19-31(41-27)37(5,23-7-11-25(39)12-8-23)33-21-17-29(43-33)36(3,4)30-18-22-34(44-30)38(6,32-20-16-28(35)42-32)24-9-13-26(40)14-10-24;1-5(2,3)4;1-2-3;/h7-22,41-44H,1-6H3;1-4H3;1H3;1H/q;+1;;/p-1. The average Bonchev–Trinajstić information content (AvgIpc) is 3.91. The van der Waals surface area contributed by atoms with E-state index in [1.165, 1.54) is 18.1 Å². The molecular weight excluding hydrogens is 808 g/mol. The van der Waals surface area contributed by atoms with Crippen molar-refractivity contribution in [3.05, 3.63) is 163 Å². The monoisotopic (exact) mass is 858 g/mol. The summed E-state index contributed by atoms with van der Waals surface area (Å²) < 4.78 is 3.14. The summed E-state index contributed by atoms with van der Waals surface area (Å²) in [5, 5.41) is 7.32. The maximum atomic E-state index is 7.32. The molecule has 0 fully saturated rings. The summed E-state index contributed by atoms with van der Waals surface area (Å²) in [7, 11) is 8.50. The molecule has 7 rings (SSSR count). The van der Waals surface area contributed by atoms with E-state index in [0.717, 1.165) is 59.0 Å². The van der Waals surface area contributed by atoms with Gasteiger partial charge in [0.1, 0.15) is 0 Å². The first-order valence-electron chi connectivity index (χ1n) is 17.7. The van der Waals surface area contributed by atoms with Crippen LogP contribution in [0.1, 0.15) is 105 Å². The maximum Gasteiger partial charge on any atom is 0.0723 e. The SMILES string of the molecule is CC#N.CC1(C)c2ccc([nH]2)C(C)(c2ccc(Br)cc2)c2ccc([nH]2)C(C)(C)c2ccc([nH]2)C(C)(c2ccc(Br)cc2)c2ccc1[nH]2.C[N+](C)(C)C.[Cl-]. The number of hydrogen-bond donors (Lipinski definition) is 4. The minimum Gasteiger partial charge on any atom is -1.00 e. The minimum absolute atomic E-state index is 0. The number of rotatable bonds is 2. The Hall–Kier alpha value is -3.74. The van der Waals surface area contributed by atoms with Gasteiger partial charge in [-0.2, -0.15) is 5.26 Å². The van der Waals surface area contributed by atoms with Crippen LogP contribution in [0.5, 0.6) is 0 Å². The van der Waals surface area contributed by atoms with Crippen molar-refractivity contribution in [2.45, 2.75) is 70.1 Å². The van der Waals surface area contributed by atoms with Gasteiger partial charge in [-0.25, -0.2) is 0 Å². The second-order valence-electron chi connectivity index (χ2n) is 16.6. The van der Waals surface area contributed by atoms with E-state index in [1.54, 1.807) is 6.07 Å². The normalized spacial score (nSPS) is 19.7. The van der Waals surface area contributed by atoms with Crippen molar-refractivity contribution < 1.29 is 16.9 Å². The van der Waals surface area contributed by atoms with Crippen molar-refractivity contribution in [1.29, 1.82) is 5.26 Å². The molecule has 280 valence electrons. The number of nitriles is 1. The van der Waals surface area contributed by atoms with Crippen LogP contribution in [-0.2, 0) is 21.7 Å². The lowest BCUT2D eigenvalue weighted by atomic mass is 9.77. The van der Waals surface area contributed by atoms with Crippen LogP contribution in [-0.4, -0.2) is 52.6 Å². The van der Waals surface area contributed by atoms with Crippen LogP contribution in [0, 0.1) is 11.3 Å². The van der Waals surface area contributed by atoms with Crippen LogP contribution in [0.15, 0.2) is 106 Å². The lowest BCUT2D eigenvalue weighted by Crippen LogP contribution is -3.00. The Morgan fingerprint density at radius 2 is 0.642 bits per heavy atom. The number of halogens is 3. The van der Waals surface area contributed by atoms with Crippen molar-refractivity contribution in [2.24, 2.45) is 0 Å². The molecule has 53 heavy (non-hydrogen) atoms. The first kappa shape index (κ1) is 42.0. The van der Waals surface area contributed by atoms with E-state index < -0.39 is 10.8 Å². The summed E-state index contributed by atoms with van der Waals surface area (Å²) >= 11 is 7.28. The van der Waals surface area contributed by atoms with Gasteiger partial charge in [-0.15, -0.1) is 0 Å². The molecule has 0 unspecified atom stereocenters. The fourth-order valence-electron chi connectivity index (χ4n) is 6.97. The van der Waals surface area contributed by atoms with Crippen molar-refractivity contribution in [2.75, 3.05) is 28.2 Å². The Balaban J connectivity index is 0.000000636. The van der Waals surface area contributed by atoms with E-state index in [2.05, 4.69) is 219 Å². The van der Waals surface area contributed by atoms with Crippen LogP contribution in [0.4, 0.5) is 0 Å². The smallest absolute Gasteiger partial charge is 0.0723 e. The number of hydrogen-bond acceptors (Lipinski definition) is 1. The molecule has 6 aromatic rings. The summed E-state index contributed by atoms with van der Waals surface area (Å²) in [6.45, 7) is 15.2. The molecule has 0 spiro atoms. The van der Waals surface area contributed by atoms with Crippen molar-refractivity contribution >= 4 is 31.9 Å².